The standard InChI is InChI=1S/C14H22N2O6S2/c1-10(2)9-13(14(17)18)15-23(19,20)11-5-7-12(8-6-11)24(21,22)16(3)4/h5-8,10,13,15H,9H2,1-4H3,(H,17,18)/t13-/m0/s1. The van der Waals surface area contributed by atoms with Crippen LogP contribution in [0.2, 0.25) is 0 Å². The molecule has 1 rings (SSSR count). The van der Waals surface area contributed by atoms with Gasteiger partial charge in [0, 0.05) is 14.1 Å². The number of hydrogen-bond acceptors (Lipinski definition) is 5. The molecule has 1 aromatic rings. The lowest BCUT2D eigenvalue weighted by Crippen LogP contribution is -2.41. The topological polar surface area (TPSA) is 121 Å². The van der Waals surface area contributed by atoms with Crippen molar-refractivity contribution in [3.05, 3.63) is 24.3 Å². The lowest BCUT2D eigenvalue weighted by atomic mass is 10.1. The fraction of sp³-hybridized carbons (Fsp3) is 0.500. The second-order valence-corrected chi connectivity index (χ2v) is 9.77. The summed E-state index contributed by atoms with van der Waals surface area (Å²) in [5.74, 6) is -1.28. The molecule has 0 aliphatic carbocycles. The van der Waals surface area contributed by atoms with Crippen molar-refractivity contribution in [2.75, 3.05) is 14.1 Å². The molecule has 10 heteroatoms. The molecule has 0 aromatic heterocycles. The number of carboxylic acids is 1. The zero-order valence-electron chi connectivity index (χ0n) is 13.9. The Kier molecular flexibility index (Phi) is 6.51. The lowest BCUT2D eigenvalue weighted by Gasteiger charge is -2.17. The van der Waals surface area contributed by atoms with Gasteiger partial charge in [-0.2, -0.15) is 4.72 Å². The van der Waals surface area contributed by atoms with E-state index in [4.69, 9.17) is 5.11 Å². The number of aliphatic carboxylic acids is 1. The van der Waals surface area contributed by atoms with Crippen LogP contribution >= 0.6 is 0 Å². The van der Waals surface area contributed by atoms with Crippen molar-refractivity contribution in [1.82, 2.24) is 9.03 Å². The summed E-state index contributed by atoms with van der Waals surface area (Å²) < 4.78 is 51.7. The fourth-order valence-electron chi connectivity index (χ4n) is 1.93. The number of rotatable bonds is 8. The monoisotopic (exact) mass is 378 g/mol. The second-order valence-electron chi connectivity index (χ2n) is 5.90. The Morgan fingerprint density at radius 3 is 1.92 bits per heavy atom. The molecule has 136 valence electrons. The van der Waals surface area contributed by atoms with Crippen LogP contribution in [0.15, 0.2) is 34.1 Å². The summed E-state index contributed by atoms with van der Waals surface area (Å²) in [6, 6.07) is 3.35. The summed E-state index contributed by atoms with van der Waals surface area (Å²) >= 11 is 0. The van der Waals surface area contributed by atoms with Crippen LogP contribution in [-0.4, -0.2) is 52.4 Å². The van der Waals surface area contributed by atoms with Crippen molar-refractivity contribution in [3.63, 3.8) is 0 Å². The quantitative estimate of drug-likeness (QED) is 0.687. The van der Waals surface area contributed by atoms with Crippen LogP contribution < -0.4 is 4.72 Å². The average Bonchev–Trinajstić information content (AvgIpc) is 2.45. The van der Waals surface area contributed by atoms with Gasteiger partial charge in [0.15, 0.2) is 0 Å². The summed E-state index contributed by atoms with van der Waals surface area (Å²) in [5, 5.41) is 9.13. The van der Waals surface area contributed by atoms with Crippen molar-refractivity contribution in [3.8, 4) is 0 Å². The molecule has 0 spiro atoms. The van der Waals surface area contributed by atoms with Gasteiger partial charge in [0.05, 0.1) is 9.79 Å². The Bertz CT molecular complexity index is 783. The predicted octanol–water partition coefficient (Wildman–Crippen LogP) is 0.714. The molecule has 8 nitrogen and oxygen atoms in total. The molecule has 0 saturated heterocycles. The van der Waals surface area contributed by atoms with Crippen LogP contribution in [0.1, 0.15) is 20.3 Å². The zero-order valence-corrected chi connectivity index (χ0v) is 15.6. The first-order valence-corrected chi connectivity index (χ1v) is 10.1. The molecule has 0 saturated carbocycles. The fourth-order valence-corrected chi connectivity index (χ4v) is 4.03. The first-order chi connectivity index (χ1) is 10.9. The van der Waals surface area contributed by atoms with Crippen molar-refractivity contribution in [2.24, 2.45) is 5.92 Å². The Morgan fingerprint density at radius 1 is 1.08 bits per heavy atom. The van der Waals surface area contributed by atoms with E-state index >= 15 is 0 Å². The van der Waals surface area contributed by atoms with Crippen molar-refractivity contribution < 1.29 is 26.7 Å². The van der Waals surface area contributed by atoms with Crippen LogP contribution in [-0.2, 0) is 24.8 Å². The molecular weight excluding hydrogens is 356 g/mol. The number of carbonyl (C=O) groups is 1. The maximum absolute atomic E-state index is 12.3. The van der Waals surface area contributed by atoms with Crippen LogP contribution in [0, 0.1) is 5.92 Å². The second kappa shape index (κ2) is 7.60. The van der Waals surface area contributed by atoms with Gasteiger partial charge in [-0.15, -0.1) is 0 Å². The summed E-state index contributed by atoms with van der Waals surface area (Å²) in [4.78, 5) is 10.9. The van der Waals surface area contributed by atoms with Gasteiger partial charge in [-0.3, -0.25) is 4.79 Å². The minimum atomic E-state index is -4.07. The van der Waals surface area contributed by atoms with E-state index in [9.17, 15) is 21.6 Å². The van der Waals surface area contributed by atoms with Gasteiger partial charge >= 0.3 is 5.97 Å². The molecule has 24 heavy (non-hydrogen) atoms. The predicted molar refractivity (Wildman–Crippen MR) is 88.5 cm³/mol. The maximum atomic E-state index is 12.3. The number of nitrogens with zero attached hydrogens (tertiary/aromatic N) is 1. The summed E-state index contributed by atoms with van der Waals surface area (Å²) in [7, 11) is -5.01. The van der Waals surface area contributed by atoms with Gasteiger partial charge in [-0.05, 0) is 36.6 Å². The van der Waals surface area contributed by atoms with Gasteiger partial charge in [-0.1, -0.05) is 13.8 Å². The first-order valence-electron chi connectivity index (χ1n) is 7.15. The van der Waals surface area contributed by atoms with Gasteiger partial charge < -0.3 is 5.11 Å². The third kappa shape index (κ3) is 5.00. The molecule has 0 heterocycles. The average molecular weight is 378 g/mol. The van der Waals surface area contributed by atoms with Crippen molar-refractivity contribution in [1.29, 1.82) is 0 Å². The minimum absolute atomic E-state index is 0.0126. The molecule has 1 aromatic carbocycles. The molecule has 0 fully saturated rings. The van der Waals surface area contributed by atoms with E-state index in [0.29, 0.717) is 0 Å². The molecule has 0 unspecified atom stereocenters. The molecular formula is C14H22N2O6S2. The molecule has 0 aliphatic rings. The van der Waals surface area contributed by atoms with Gasteiger partial charge in [0.2, 0.25) is 20.0 Å². The van der Waals surface area contributed by atoms with Crippen molar-refractivity contribution >= 4 is 26.0 Å². The van der Waals surface area contributed by atoms with E-state index in [1.54, 1.807) is 13.8 Å². The van der Waals surface area contributed by atoms with E-state index in [0.717, 1.165) is 16.4 Å². The van der Waals surface area contributed by atoms with E-state index in [-0.39, 0.29) is 22.1 Å². The van der Waals surface area contributed by atoms with E-state index in [1.807, 2.05) is 0 Å². The van der Waals surface area contributed by atoms with Gasteiger partial charge in [0.1, 0.15) is 6.04 Å². The number of nitrogens with one attached hydrogen (secondary N) is 1. The molecule has 0 aliphatic heterocycles. The van der Waals surface area contributed by atoms with Crippen molar-refractivity contribution in [2.45, 2.75) is 36.1 Å². The number of hydrogen-bond donors (Lipinski definition) is 2. The number of carboxylic acid groups (broad SMARTS) is 1. The van der Waals surface area contributed by atoms with Crippen LogP contribution in [0.25, 0.3) is 0 Å². The number of sulfonamides is 2. The van der Waals surface area contributed by atoms with E-state index < -0.39 is 32.1 Å². The van der Waals surface area contributed by atoms with Crippen LogP contribution in [0.3, 0.4) is 0 Å². The summed E-state index contributed by atoms with van der Waals surface area (Å²) in [6.07, 6.45) is 0.141. The lowest BCUT2D eigenvalue weighted by molar-refractivity contribution is -0.139. The Morgan fingerprint density at radius 2 is 1.54 bits per heavy atom. The summed E-state index contributed by atoms with van der Waals surface area (Å²) in [6.45, 7) is 3.57. The van der Waals surface area contributed by atoms with Crippen LogP contribution in [0.5, 0.6) is 0 Å². The normalized spacial score (nSPS) is 14.1. The first kappa shape index (κ1) is 20.6. The largest absolute Gasteiger partial charge is 0.480 e. The Labute approximate surface area is 142 Å². The van der Waals surface area contributed by atoms with Gasteiger partial charge in [0.25, 0.3) is 0 Å². The third-order valence-electron chi connectivity index (χ3n) is 3.22. The third-order valence-corrected chi connectivity index (χ3v) is 6.53. The highest BCUT2D eigenvalue weighted by Crippen LogP contribution is 2.17. The van der Waals surface area contributed by atoms with E-state index in [2.05, 4.69) is 4.72 Å². The smallest absolute Gasteiger partial charge is 0.321 e. The molecule has 1 atom stereocenters. The molecule has 0 bridgehead atoms. The molecule has 0 radical (unpaired) electrons. The highest BCUT2D eigenvalue weighted by Gasteiger charge is 2.26. The Balaban J connectivity index is 3.10. The SMILES string of the molecule is CC(C)C[C@H](NS(=O)(=O)c1ccc(S(=O)(=O)N(C)C)cc1)C(=O)O. The highest BCUT2D eigenvalue weighted by atomic mass is 32.2. The van der Waals surface area contributed by atoms with Crippen LogP contribution in [0.4, 0.5) is 0 Å². The zero-order chi connectivity index (χ0) is 18.7. The van der Waals surface area contributed by atoms with Gasteiger partial charge in [-0.25, -0.2) is 21.1 Å². The molecule has 0 amide bonds. The maximum Gasteiger partial charge on any atom is 0.321 e. The minimum Gasteiger partial charge on any atom is -0.480 e. The van der Waals surface area contributed by atoms with E-state index in [1.165, 1.54) is 26.2 Å². The molecule has 2 N–H and O–H groups in total. The Hall–Kier alpha value is -1.49. The number of benzene rings is 1. The highest BCUT2D eigenvalue weighted by molar-refractivity contribution is 7.89. The summed E-state index contributed by atoms with van der Waals surface area (Å²) in [5.41, 5.74) is 0.